The van der Waals surface area contributed by atoms with Crippen LogP contribution in [0.5, 0.6) is 5.88 Å². The van der Waals surface area contributed by atoms with Crippen molar-refractivity contribution >= 4 is 16.9 Å². The SMILES string of the molecule is COc1ccc(-n2ccc3c(=O)n(CC4(O)CCN(C(=O)C[C@@H](C)c5ccccc5)CC4)cnc32)cn1. The molecule has 9 heteroatoms. The standard InChI is InChI=1S/C28H31N5O4/c1-20(21-6-4-3-5-7-21)16-25(34)31-14-11-28(36,12-15-31)18-32-19-30-26-23(27(32)35)10-13-33(26)22-8-9-24(37-2)29-17-22/h3-10,13,17,19-20,36H,11-12,14-16,18H2,1-2H3/t20-/m1/s1. The van der Waals surface area contributed by atoms with Crippen LogP contribution in [0.2, 0.25) is 0 Å². The number of aliphatic hydroxyl groups is 1. The van der Waals surface area contributed by atoms with Crippen LogP contribution in [0.15, 0.2) is 72.0 Å². The summed E-state index contributed by atoms with van der Waals surface area (Å²) in [6.07, 6.45) is 6.16. The van der Waals surface area contributed by atoms with Gasteiger partial charge < -0.3 is 14.7 Å². The summed E-state index contributed by atoms with van der Waals surface area (Å²) < 4.78 is 8.37. The monoisotopic (exact) mass is 501 g/mol. The van der Waals surface area contributed by atoms with Crippen LogP contribution in [0.4, 0.5) is 0 Å². The number of amides is 1. The van der Waals surface area contributed by atoms with Crippen LogP contribution in [0.3, 0.4) is 0 Å². The fourth-order valence-corrected chi connectivity index (χ4v) is 4.95. The second-order valence-electron chi connectivity index (χ2n) is 9.78. The van der Waals surface area contributed by atoms with Crippen molar-refractivity contribution in [2.24, 2.45) is 0 Å². The number of likely N-dealkylation sites (tertiary alicyclic amines) is 1. The lowest BCUT2D eigenvalue weighted by Crippen LogP contribution is -2.49. The molecule has 5 rings (SSSR count). The molecular weight excluding hydrogens is 470 g/mol. The van der Waals surface area contributed by atoms with Crippen molar-refractivity contribution < 1.29 is 14.6 Å². The van der Waals surface area contributed by atoms with E-state index in [1.54, 1.807) is 36.2 Å². The largest absolute Gasteiger partial charge is 0.481 e. The van der Waals surface area contributed by atoms with E-state index in [0.717, 1.165) is 11.3 Å². The first-order valence-corrected chi connectivity index (χ1v) is 12.5. The maximum Gasteiger partial charge on any atom is 0.262 e. The number of benzene rings is 1. The van der Waals surface area contributed by atoms with Crippen molar-refractivity contribution in [3.05, 3.63) is 83.2 Å². The molecule has 1 saturated heterocycles. The molecule has 0 spiro atoms. The van der Waals surface area contributed by atoms with Crippen molar-refractivity contribution in [1.29, 1.82) is 0 Å². The molecule has 1 amide bonds. The van der Waals surface area contributed by atoms with Gasteiger partial charge in [-0.3, -0.25) is 18.7 Å². The Morgan fingerprint density at radius 2 is 1.86 bits per heavy atom. The molecule has 0 saturated carbocycles. The number of pyridine rings is 1. The zero-order chi connectivity index (χ0) is 26.0. The summed E-state index contributed by atoms with van der Waals surface area (Å²) in [6.45, 7) is 3.11. The van der Waals surface area contributed by atoms with Gasteiger partial charge in [0, 0.05) is 31.8 Å². The number of carbonyl (C=O) groups excluding carboxylic acids is 1. The summed E-state index contributed by atoms with van der Waals surface area (Å²) in [5.41, 5.74) is 1.13. The molecule has 1 fully saturated rings. The van der Waals surface area contributed by atoms with Crippen molar-refractivity contribution in [1.82, 2.24) is 24.0 Å². The van der Waals surface area contributed by atoms with E-state index in [1.165, 1.54) is 10.9 Å². The Kier molecular flexibility index (Phi) is 6.80. The van der Waals surface area contributed by atoms with Gasteiger partial charge >= 0.3 is 0 Å². The van der Waals surface area contributed by atoms with Gasteiger partial charge in [0.15, 0.2) is 5.65 Å². The topological polar surface area (TPSA) is 102 Å². The zero-order valence-electron chi connectivity index (χ0n) is 21.1. The minimum Gasteiger partial charge on any atom is -0.481 e. The molecule has 4 heterocycles. The van der Waals surface area contributed by atoms with Crippen LogP contribution in [-0.2, 0) is 11.3 Å². The van der Waals surface area contributed by atoms with Crippen LogP contribution in [0.1, 0.15) is 37.7 Å². The molecule has 37 heavy (non-hydrogen) atoms. The number of methoxy groups -OCH3 is 1. The van der Waals surface area contributed by atoms with Crippen molar-refractivity contribution in [2.45, 2.75) is 44.2 Å². The molecule has 1 atom stereocenters. The van der Waals surface area contributed by atoms with Crippen molar-refractivity contribution in [3.63, 3.8) is 0 Å². The third-order valence-electron chi connectivity index (χ3n) is 7.24. The number of carbonyl (C=O) groups is 1. The van der Waals surface area contributed by atoms with E-state index in [-0.39, 0.29) is 23.9 Å². The lowest BCUT2D eigenvalue weighted by atomic mass is 9.90. The molecule has 0 unspecified atom stereocenters. The highest BCUT2D eigenvalue weighted by Crippen LogP contribution is 2.27. The summed E-state index contributed by atoms with van der Waals surface area (Å²) in [4.78, 5) is 36.6. The molecule has 0 bridgehead atoms. The summed E-state index contributed by atoms with van der Waals surface area (Å²) in [6, 6.07) is 15.3. The third kappa shape index (κ3) is 5.13. The number of piperidine rings is 1. The number of ether oxygens (including phenoxy) is 1. The predicted molar refractivity (Wildman–Crippen MR) is 140 cm³/mol. The van der Waals surface area contributed by atoms with Gasteiger partial charge in [0.2, 0.25) is 11.8 Å². The number of rotatable bonds is 7. The molecule has 1 N–H and O–H groups in total. The lowest BCUT2D eigenvalue weighted by molar-refractivity contribution is -0.136. The summed E-state index contributed by atoms with van der Waals surface area (Å²) in [5.74, 6) is 0.724. The molecule has 9 nitrogen and oxygen atoms in total. The number of hydrogen-bond acceptors (Lipinski definition) is 6. The second-order valence-corrected chi connectivity index (χ2v) is 9.78. The van der Waals surface area contributed by atoms with E-state index in [2.05, 4.69) is 16.9 Å². The molecular formula is C28H31N5O4. The molecule has 0 aliphatic carbocycles. The van der Waals surface area contributed by atoms with Crippen molar-refractivity contribution in [2.75, 3.05) is 20.2 Å². The third-order valence-corrected chi connectivity index (χ3v) is 7.24. The normalized spacial score (nSPS) is 16.0. The first-order valence-electron chi connectivity index (χ1n) is 12.5. The number of aromatic nitrogens is 4. The maximum atomic E-state index is 13.2. The minimum atomic E-state index is -1.08. The Labute approximate surface area is 215 Å². The molecule has 192 valence electrons. The van der Waals surface area contributed by atoms with E-state index in [1.807, 2.05) is 41.3 Å². The van der Waals surface area contributed by atoms with Crippen LogP contribution >= 0.6 is 0 Å². The Bertz CT molecular complexity index is 1440. The van der Waals surface area contributed by atoms with Gasteiger partial charge in [0.25, 0.3) is 5.56 Å². The zero-order valence-corrected chi connectivity index (χ0v) is 21.1. The maximum absolute atomic E-state index is 13.2. The Morgan fingerprint density at radius 1 is 1.11 bits per heavy atom. The highest BCUT2D eigenvalue weighted by molar-refractivity contribution is 5.77. The lowest BCUT2D eigenvalue weighted by Gasteiger charge is -2.38. The van der Waals surface area contributed by atoms with E-state index in [4.69, 9.17) is 4.74 Å². The molecule has 0 radical (unpaired) electrons. The predicted octanol–water partition coefficient (Wildman–Crippen LogP) is 3.14. The average molecular weight is 502 g/mol. The highest BCUT2D eigenvalue weighted by Gasteiger charge is 2.35. The summed E-state index contributed by atoms with van der Waals surface area (Å²) >= 11 is 0. The van der Waals surface area contributed by atoms with E-state index < -0.39 is 5.60 Å². The summed E-state index contributed by atoms with van der Waals surface area (Å²) in [5, 5.41) is 11.7. The van der Waals surface area contributed by atoms with Gasteiger partial charge in [-0.25, -0.2) is 9.97 Å². The first-order chi connectivity index (χ1) is 17.9. The van der Waals surface area contributed by atoms with Gasteiger partial charge in [-0.2, -0.15) is 0 Å². The number of fused-ring (bicyclic) bond motifs is 1. The molecule has 1 aromatic carbocycles. The van der Waals surface area contributed by atoms with Crippen LogP contribution in [0.25, 0.3) is 16.7 Å². The number of hydrogen-bond donors (Lipinski definition) is 1. The van der Waals surface area contributed by atoms with Gasteiger partial charge in [-0.15, -0.1) is 0 Å². The Balaban J connectivity index is 1.25. The minimum absolute atomic E-state index is 0.0908. The number of nitrogens with zero attached hydrogens (tertiary/aromatic N) is 5. The van der Waals surface area contributed by atoms with Crippen LogP contribution < -0.4 is 10.3 Å². The molecule has 1 aliphatic rings. The average Bonchev–Trinajstić information content (AvgIpc) is 3.36. The summed E-state index contributed by atoms with van der Waals surface area (Å²) in [7, 11) is 1.55. The Hall–Kier alpha value is -3.98. The van der Waals surface area contributed by atoms with E-state index in [9.17, 15) is 14.7 Å². The van der Waals surface area contributed by atoms with E-state index >= 15 is 0 Å². The van der Waals surface area contributed by atoms with Gasteiger partial charge in [0.05, 0.1) is 36.5 Å². The fourth-order valence-electron chi connectivity index (χ4n) is 4.95. The molecule has 1 aliphatic heterocycles. The smallest absolute Gasteiger partial charge is 0.262 e. The quantitative estimate of drug-likeness (QED) is 0.417. The Morgan fingerprint density at radius 3 is 2.54 bits per heavy atom. The first kappa shape index (κ1) is 24.7. The highest BCUT2D eigenvalue weighted by atomic mass is 16.5. The molecule has 4 aromatic rings. The van der Waals surface area contributed by atoms with Crippen molar-refractivity contribution in [3.8, 4) is 11.6 Å². The van der Waals surface area contributed by atoms with Crippen LogP contribution in [-0.4, -0.2) is 60.8 Å². The fraction of sp³-hybridized carbons (Fsp3) is 0.357. The van der Waals surface area contributed by atoms with Crippen LogP contribution in [0, 0.1) is 0 Å². The van der Waals surface area contributed by atoms with Gasteiger partial charge in [-0.1, -0.05) is 37.3 Å². The molecule has 3 aromatic heterocycles. The second kappa shape index (κ2) is 10.2. The van der Waals surface area contributed by atoms with E-state index in [0.29, 0.717) is 49.3 Å². The van der Waals surface area contributed by atoms with Gasteiger partial charge in [-0.05, 0) is 36.5 Å². The van der Waals surface area contributed by atoms with Gasteiger partial charge in [0.1, 0.15) is 6.33 Å².